The number of aromatic nitrogens is 2. The van der Waals surface area contributed by atoms with Crippen LogP contribution in [0.1, 0.15) is 5.56 Å². The molecule has 0 saturated carbocycles. The fourth-order valence-electron chi connectivity index (χ4n) is 2.58. The molecule has 0 unspecified atom stereocenters. The summed E-state index contributed by atoms with van der Waals surface area (Å²) in [4.78, 5) is 24.0. The van der Waals surface area contributed by atoms with Gasteiger partial charge in [-0.05, 0) is 31.2 Å². The third kappa shape index (κ3) is 6.44. The van der Waals surface area contributed by atoms with Crippen LogP contribution in [0.4, 0.5) is 10.8 Å². The molecule has 1 N–H and O–H groups in total. The van der Waals surface area contributed by atoms with Crippen molar-refractivity contribution >= 4 is 67.4 Å². The summed E-state index contributed by atoms with van der Waals surface area (Å²) in [6.45, 7) is 1.31. The molecule has 3 rings (SSSR count). The Balaban J connectivity index is 1.82. The van der Waals surface area contributed by atoms with Gasteiger partial charge in [-0.25, -0.2) is 8.42 Å². The number of thioether (sulfide) groups is 1. The van der Waals surface area contributed by atoms with Gasteiger partial charge in [0.2, 0.25) is 11.0 Å². The maximum Gasteiger partial charge on any atom is 0.316 e. The van der Waals surface area contributed by atoms with Crippen LogP contribution in [0.2, 0.25) is 5.02 Å². The summed E-state index contributed by atoms with van der Waals surface area (Å²) in [5, 5.41) is 10.6. The number of methoxy groups -OCH3 is 1. The molecule has 1 aromatic heterocycles. The molecule has 0 saturated heterocycles. The summed E-state index contributed by atoms with van der Waals surface area (Å²) in [5.41, 5.74) is 1.06. The fourth-order valence-corrected chi connectivity index (χ4v) is 5.91. The predicted molar refractivity (Wildman–Crippen MR) is 128 cm³/mol. The number of halogens is 1. The first kappa shape index (κ1) is 25.0. The normalized spacial score (nSPS) is 11.1. The standard InChI is InChI=1S/C20H19ClN4O5S3/c1-13-7-9-14(10-8-13)33(28,29)25(16-6-4-3-5-15(16)21)11-17(26)22-19-23-24-20(32-19)31-12-18(27)30-2/h3-10H,11-12H2,1-2H3,(H,22,23,26). The largest absolute Gasteiger partial charge is 0.468 e. The molecule has 0 aliphatic rings. The van der Waals surface area contributed by atoms with Crippen LogP contribution in [0.25, 0.3) is 0 Å². The molecule has 0 fully saturated rings. The number of nitrogens with zero attached hydrogens (tertiary/aromatic N) is 3. The van der Waals surface area contributed by atoms with Crippen molar-refractivity contribution in [2.75, 3.05) is 29.0 Å². The number of para-hydroxylation sites is 1. The number of carbonyl (C=O) groups is 2. The zero-order valence-electron chi connectivity index (χ0n) is 17.5. The Kier molecular flexibility index (Phi) is 8.30. The van der Waals surface area contributed by atoms with Crippen LogP contribution in [0.5, 0.6) is 0 Å². The van der Waals surface area contributed by atoms with Crippen LogP contribution in [0, 0.1) is 6.92 Å². The van der Waals surface area contributed by atoms with E-state index in [1.165, 1.54) is 25.3 Å². The lowest BCUT2D eigenvalue weighted by molar-refractivity contribution is -0.137. The number of rotatable bonds is 9. The number of hydrogen-bond acceptors (Lipinski definition) is 9. The number of carbonyl (C=O) groups excluding carboxylic acids is 2. The number of hydrogen-bond donors (Lipinski definition) is 1. The molecule has 3 aromatic rings. The Bertz CT molecular complexity index is 1250. The van der Waals surface area contributed by atoms with E-state index in [4.69, 9.17) is 11.6 Å². The Morgan fingerprint density at radius 2 is 1.85 bits per heavy atom. The highest BCUT2D eigenvalue weighted by Crippen LogP contribution is 2.31. The summed E-state index contributed by atoms with van der Waals surface area (Å²) in [7, 11) is -2.81. The van der Waals surface area contributed by atoms with Gasteiger partial charge in [0.05, 0.1) is 28.5 Å². The summed E-state index contributed by atoms with van der Waals surface area (Å²) < 4.78 is 32.7. The highest BCUT2D eigenvalue weighted by Gasteiger charge is 2.29. The third-order valence-electron chi connectivity index (χ3n) is 4.21. The lowest BCUT2D eigenvalue weighted by atomic mass is 10.2. The van der Waals surface area contributed by atoms with E-state index in [1.54, 1.807) is 30.3 Å². The van der Waals surface area contributed by atoms with E-state index >= 15 is 0 Å². The van der Waals surface area contributed by atoms with Gasteiger partial charge in [-0.2, -0.15) is 0 Å². The SMILES string of the molecule is COC(=O)CSc1nnc(NC(=O)CN(c2ccccc2Cl)S(=O)(=O)c2ccc(C)cc2)s1. The maximum absolute atomic E-state index is 13.4. The molecule has 174 valence electrons. The molecule has 0 atom stereocenters. The van der Waals surface area contributed by atoms with Crippen LogP contribution in [0.15, 0.2) is 57.8 Å². The molecule has 0 radical (unpaired) electrons. The van der Waals surface area contributed by atoms with Crippen molar-refractivity contribution in [1.82, 2.24) is 10.2 Å². The van der Waals surface area contributed by atoms with Crippen LogP contribution < -0.4 is 9.62 Å². The third-order valence-corrected chi connectivity index (χ3v) is 8.25. The molecule has 0 bridgehead atoms. The van der Waals surface area contributed by atoms with Crippen molar-refractivity contribution in [3.8, 4) is 0 Å². The van der Waals surface area contributed by atoms with Crippen molar-refractivity contribution in [3.05, 3.63) is 59.1 Å². The number of ether oxygens (including phenoxy) is 1. The van der Waals surface area contributed by atoms with Crippen LogP contribution in [0.3, 0.4) is 0 Å². The monoisotopic (exact) mass is 526 g/mol. The highest BCUT2D eigenvalue weighted by atomic mass is 35.5. The van der Waals surface area contributed by atoms with Gasteiger partial charge in [0.25, 0.3) is 10.0 Å². The van der Waals surface area contributed by atoms with Gasteiger partial charge in [0, 0.05) is 0 Å². The van der Waals surface area contributed by atoms with E-state index in [0.29, 0.717) is 4.34 Å². The van der Waals surface area contributed by atoms with Crippen LogP contribution >= 0.6 is 34.7 Å². The minimum atomic E-state index is -4.10. The van der Waals surface area contributed by atoms with Crippen LogP contribution in [-0.2, 0) is 24.3 Å². The lowest BCUT2D eigenvalue weighted by Gasteiger charge is -2.24. The molecule has 1 heterocycles. The minimum absolute atomic E-state index is 0.0261. The minimum Gasteiger partial charge on any atom is -0.468 e. The van der Waals surface area contributed by atoms with Gasteiger partial charge in [0.1, 0.15) is 6.54 Å². The van der Waals surface area contributed by atoms with Crippen molar-refractivity contribution in [2.24, 2.45) is 0 Å². The second-order valence-electron chi connectivity index (χ2n) is 6.56. The molecular formula is C20H19ClN4O5S3. The zero-order valence-corrected chi connectivity index (χ0v) is 20.7. The van der Waals surface area contributed by atoms with Crippen molar-refractivity contribution in [1.29, 1.82) is 0 Å². The van der Waals surface area contributed by atoms with E-state index in [2.05, 4.69) is 20.3 Å². The van der Waals surface area contributed by atoms with Gasteiger partial charge in [-0.3, -0.25) is 19.2 Å². The fraction of sp³-hybridized carbons (Fsp3) is 0.200. The molecule has 0 aliphatic carbocycles. The molecule has 9 nitrogen and oxygen atoms in total. The number of esters is 1. The number of amides is 1. The predicted octanol–water partition coefficient (Wildman–Crippen LogP) is 3.60. The Hall–Kier alpha value is -2.67. The van der Waals surface area contributed by atoms with Gasteiger partial charge < -0.3 is 4.74 Å². The zero-order chi connectivity index (χ0) is 24.0. The van der Waals surface area contributed by atoms with E-state index in [-0.39, 0.29) is 26.5 Å². The Labute approximate surface area is 204 Å². The first-order valence-electron chi connectivity index (χ1n) is 9.37. The summed E-state index contributed by atoms with van der Waals surface area (Å²) in [6.07, 6.45) is 0. The van der Waals surface area contributed by atoms with E-state index in [1.807, 2.05) is 6.92 Å². The van der Waals surface area contributed by atoms with Crippen molar-refractivity contribution < 1.29 is 22.7 Å². The van der Waals surface area contributed by atoms with E-state index in [0.717, 1.165) is 33.0 Å². The number of benzene rings is 2. The number of nitrogens with one attached hydrogen (secondary N) is 1. The highest BCUT2D eigenvalue weighted by molar-refractivity contribution is 8.01. The maximum atomic E-state index is 13.4. The Morgan fingerprint density at radius 3 is 2.52 bits per heavy atom. The molecular weight excluding hydrogens is 508 g/mol. The molecule has 13 heteroatoms. The first-order chi connectivity index (χ1) is 15.7. The topological polar surface area (TPSA) is 119 Å². The van der Waals surface area contributed by atoms with Gasteiger partial charge >= 0.3 is 5.97 Å². The van der Waals surface area contributed by atoms with E-state index < -0.39 is 28.4 Å². The quantitative estimate of drug-likeness (QED) is 0.255. The van der Waals surface area contributed by atoms with Crippen LogP contribution in [-0.4, -0.2) is 49.9 Å². The van der Waals surface area contributed by atoms with E-state index in [9.17, 15) is 18.0 Å². The van der Waals surface area contributed by atoms with Crippen molar-refractivity contribution in [3.63, 3.8) is 0 Å². The van der Waals surface area contributed by atoms with Gasteiger partial charge in [-0.15, -0.1) is 10.2 Å². The van der Waals surface area contributed by atoms with Crippen molar-refractivity contribution in [2.45, 2.75) is 16.2 Å². The average Bonchev–Trinajstić information content (AvgIpc) is 3.23. The summed E-state index contributed by atoms with van der Waals surface area (Å²) >= 11 is 8.42. The number of anilines is 2. The van der Waals surface area contributed by atoms with Gasteiger partial charge in [0.15, 0.2) is 4.34 Å². The summed E-state index contributed by atoms with van der Waals surface area (Å²) in [6, 6.07) is 12.7. The number of sulfonamides is 1. The average molecular weight is 527 g/mol. The van der Waals surface area contributed by atoms with Gasteiger partial charge in [-0.1, -0.05) is 64.5 Å². The molecule has 0 aliphatic heterocycles. The molecule has 33 heavy (non-hydrogen) atoms. The molecule has 2 aromatic carbocycles. The second-order valence-corrected chi connectivity index (χ2v) is 11.0. The Morgan fingerprint density at radius 1 is 1.15 bits per heavy atom. The number of aryl methyl sites for hydroxylation is 1. The second kappa shape index (κ2) is 11.0. The molecule has 0 spiro atoms. The molecule has 1 amide bonds. The smallest absolute Gasteiger partial charge is 0.316 e. The summed E-state index contributed by atoms with van der Waals surface area (Å²) in [5.74, 6) is -1.00. The lowest BCUT2D eigenvalue weighted by Crippen LogP contribution is -2.38. The first-order valence-corrected chi connectivity index (χ1v) is 13.0.